The third-order valence-corrected chi connectivity index (χ3v) is 4.51. The van der Waals surface area contributed by atoms with Gasteiger partial charge >= 0.3 is 6.18 Å². The molecule has 0 spiro atoms. The third-order valence-electron chi connectivity index (χ3n) is 4.23. The van der Waals surface area contributed by atoms with Crippen LogP contribution in [0.1, 0.15) is 24.0 Å². The molecule has 1 aromatic carbocycles. The van der Waals surface area contributed by atoms with Crippen LogP contribution in [0, 0.1) is 23.0 Å². The van der Waals surface area contributed by atoms with Crippen LogP contribution in [0.15, 0.2) is 30.5 Å². The van der Waals surface area contributed by atoms with E-state index in [4.69, 9.17) is 16.3 Å². The maximum Gasteiger partial charge on any atom is 0.422 e. The molecule has 0 unspecified atom stereocenters. The fourth-order valence-corrected chi connectivity index (χ4v) is 3.23. The number of aromatic nitrogens is 1. The number of nitriles is 1. The summed E-state index contributed by atoms with van der Waals surface area (Å²) < 4.78 is 71.5. The summed E-state index contributed by atoms with van der Waals surface area (Å²) in [5.41, 5.74) is -2.29. The van der Waals surface area contributed by atoms with Gasteiger partial charge in [0.1, 0.15) is 34.2 Å². The fraction of sp³-hybridized carbons (Fsp3) is 0.294. The Morgan fingerprint density at radius 2 is 1.81 bits per heavy atom. The number of hydrogen-bond acceptors (Lipinski definition) is 3. The highest BCUT2D eigenvalue weighted by Crippen LogP contribution is 2.47. The number of hydrogen-bond donors (Lipinski definition) is 0. The van der Waals surface area contributed by atoms with E-state index in [1.54, 1.807) is 0 Å². The van der Waals surface area contributed by atoms with E-state index in [0.717, 1.165) is 24.4 Å². The third kappa shape index (κ3) is 3.31. The van der Waals surface area contributed by atoms with Crippen LogP contribution in [0.4, 0.5) is 22.0 Å². The van der Waals surface area contributed by atoms with Crippen molar-refractivity contribution in [1.82, 2.24) is 4.98 Å². The molecule has 1 fully saturated rings. The molecule has 0 N–H and O–H groups in total. The van der Waals surface area contributed by atoms with Crippen molar-refractivity contribution in [3.05, 3.63) is 58.4 Å². The number of nitrogens with zero attached hydrogens (tertiary/aromatic N) is 2. The molecule has 0 amide bonds. The predicted octanol–water partition coefficient (Wildman–Crippen LogP) is 5.03. The van der Waals surface area contributed by atoms with E-state index in [-0.39, 0.29) is 18.4 Å². The van der Waals surface area contributed by atoms with Gasteiger partial charge in [-0.1, -0.05) is 11.6 Å². The summed E-state index contributed by atoms with van der Waals surface area (Å²) in [6.45, 7) is 0. The van der Waals surface area contributed by atoms with Crippen LogP contribution in [0.25, 0.3) is 0 Å². The number of rotatable bonds is 3. The van der Waals surface area contributed by atoms with E-state index in [2.05, 4.69) is 4.98 Å². The zero-order valence-corrected chi connectivity index (χ0v) is 13.7. The van der Waals surface area contributed by atoms with E-state index in [9.17, 15) is 27.2 Å². The quantitative estimate of drug-likeness (QED) is 0.547. The second-order valence-corrected chi connectivity index (χ2v) is 6.33. The van der Waals surface area contributed by atoms with E-state index >= 15 is 0 Å². The highest BCUT2D eigenvalue weighted by Gasteiger charge is 2.49. The molecule has 1 aliphatic carbocycles. The van der Waals surface area contributed by atoms with Crippen molar-refractivity contribution < 1.29 is 26.7 Å². The molecule has 1 heterocycles. The Morgan fingerprint density at radius 3 is 2.35 bits per heavy atom. The predicted molar refractivity (Wildman–Crippen MR) is 81.5 cm³/mol. The summed E-state index contributed by atoms with van der Waals surface area (Å²) in [6, 6.07) is 5.76. The molecule has 1 saturated carbocycles. The standard InChI is InChI=1S/C17H10ClF5N2O/c18-15-14(17(21,22)23)13(1-2-25-15)26-12-6-16(7-12,8-24)9-3-10(19)5-11(20)4-9/h1-5,12H,6-7H2/t12-,16+. The maximum atomic E-state index is 13.4. The number of halogens is 6. The minimum Gasteiger partial charge on any atom is -0.489 e. The second-order valence-electron chi connectivity index (χ2n) is 5.97. The van der Waals surface area contributed by atoms with Crippen LogP contribution in [0.2, 0.25) is 5.15 Å². The molecule has 0 atom stereocenters. The average molecular weight is 389 g/mol. The van der Waals surface area contributed by atoms with Crippen molar-refractivity contribution in [3.63, 3.8) is 0 Å². The average Bonchev–Trinajstić information content (AvgIpc) is 2.48. The maximum absolute atomic E-state index is 13.4. The number of benzene rings is 1. The van der Waals surface area contributed by atoms with Gasteiger partial charge in [0.25, 0.3) is 0 Å². The van der Waals surface area contributed by atoms with Crippen LogP contribution in [-0.2, 0) is 11.6 Å². The van der Waals surface area contributed by atoms with Gasteiger partial charge in [0, 0.05) is 25.1 Å². The number of pyridine rings is 1. The van der Waals surface area contributed by atoms with Crippen LogP contribution in [0.3, 0.4) is 0 Å². The molecule has 2 aromatic rings. The van der Waals surface area contributed by atoms with Gasteiger partial charge in [-0.15, -0.1) is 0 Å². The fourth-order valence-electron chi connectivity index (χ4n) is 2.98. The Hall–Kier alpha value is -2.40. The Balaban J connectivity index is 1.82. The lowest BCUT2D eigenvalue weighted by Crippen LogP contribution is -2.46. The van der Waals surface area contributed by atoms with Gasteiger partial charge in [-0.3, -0.25) is 0 Å². The minimum atomic E-state index is -4.76. The monoisotopic (exact) mass is 388 g/mol. The van der Waals surface area contributed by atoms with Gasteiger partial charge in [-0.25, -0.2) is 13.8 Å². The Labute approximate surface area is 150 Å². The molecule has 3 rings (SSSR count). The summed E-state index contributed by atoms with van der Waals surface area (Å²) in [4.78, 5) is 3.40. The molecule has 0 radical (unpaired) electrons. The first-order valence-electron chi connectivity index (χ1n) is 7.41. The second kappa shape index (κ2) is 6.40. The lowest BCUT2D eigenvalue weighted by Gasteiger charge is -2.42. The summed E-state index contributed by atoms with van der Waals surface area (Å²) in [5.74, 6) is -2.17. The smallest absolute Gasteiger partial charge is 0.422 e. The minimum absolute atomic E-state index is 0.0103. The zero-order chi connectivity index (χ0) is 19.1. The van der Waals surface area contributed by atoms with Crippen LogP contribution in [0.5, 0.6) is 5.75 Å². The first-order chi connectivity index (χ1) is 12.1. The highest BCUT2D eigenvalue weighted by molar-refractivity contribution is 6.30. The first kappa shape index (κ1) is 18.4. The molecule has 3 nitrogen and oxygen atoms in total. The lowest BCUT2D eigenvalue weighted by atomic mass is 9.63. The number of alkyl halides is 3. The molecule has 9 heteroatoms. The van der Waals surface area contributed by atoms with Gasteiger partial charge in [0.2, 0.25) is 0 Å². The largest absolute Gasteiger partial charge is 0.489 e. The first-order valence-corrected chi connectivity index (χ1v) is 7.78. The van der Waals surface area contributed by atoms with Crippen molar-refractivity contribution in [2.45, 2.75) is 30.5 Å². The molecule has 1 aliphatic rings. The van der Waals surface area contributed by atoms with Gasteiger partial charge in [0.15, 0.2) is 0 Å². The van der Waals surface area contributed by atoms with Crippen LogP contribution < -0.4 is 4.74 Å². The van der Waals surface area contributed by atoms with Crippen molar-refractivity contribution in [3.8, 4) is 11.8 Å². The Kier molecular flexibility index (Phi) is 4.53. The van der Waals surface area contributed by atoms with E-state index in [1.807, 2.05) is 6.07 Å². The van der Waals surface area contributed by atoms with Crippen LogP contribution >= 0.6 is 11.6 Å². The molecule has 1 aromatic heterocycles. The molecule has 26 heavy (non-hydrogen) atoms. The molecule has 0 aliphatic heterocycles. The van der Waals surface area contributed by atoms with Gasteiger partial charge in [-0.2, -0.15) is 18.4 Å². The van der Waals surface area contributed by atoms with Crippen LogP contribution in [-0.4, -0.2) is 11.1 Å². The van der Waals surface area contributed by atoms with Crippen molar-refractivity contribution in [2.75, 3.05) is 0 Å². The van der Waals surface area contributed by atoms with E-state index in [0.29, 0.717) is 6.07 Å². The van der Waals surface area contributed by atoms with Gasteiger partial charge in [0.05, 0.1) is 11.5 Å². The van der Waals surface area contributed by atoms with Gasteiger partial charge < -0.3 is 4.74 Å². The lowest BCUT2D eigenvalue weighted by molar-refractivity contribution is -0.139. The Bertz CT molecular complexity index is 867. The van der Waals surface area contributed by atoms with Crippen molar-refractivity contribution in [1.29, 1.82) is 5.26 Å². The highest BCUT2D eigenvalue weighted by atomic mass is 35.5. The van der Waals surface area contributed by atoms with Gasteiger partial charge in [-0.05, 0) is 23.8 Å². The SMILES string of the molecule is N#C[C@]1(c2cc(F)cc(F)c2)C[C@@H](Oc2ccnc(Cl)c2C(F)(F)F)C1. The van der Waals surface area contributed by atoms with Crippen molar-refractivity contribution in [2.24, 2.45) is 0 Å². The van der Waals surface area contributed by atoms with Crippen molar-refractivity contribution >= 4 is 11.6 Å². The topological polar surface area (TPSA) is 45.9 Å². The summed E-state index contributed by atoms with van der Waals surface area (Å²) >= 11 is 5.53. The normalized spacial score (nSPS) is 22.4. The number of ether oxygens (including phenoxy) is 1. The van der Waals surface area contributed by atoms with E-state index < -0.39 is 45.8 Å². The summed E-state index contributed by atoms with van der Waals surface area (Å²) in [7, 11) is 0. The molecule has 0 bridgehead atoms. The van der Waals surface area contributed by atoms with E-state index in [1.165, 1.54) is 0 Å². The molecular formula is C17H10ClF5N2O. The molecule has 136 valence electrons. The summed E-state index contributed by atoms with van der Waals surface area (Å²) in [6.07, 6.45) is -4.44. The zero-order valence-electron chi connectivity index (χ0n) is 12.9. The Morgan fingerprint density at radius 1 is 1.19 bits per heavy atom. The molecular weight excluding hydrogens is 379 g/mol. The summed E-state index contributed by atoms with van der Waals surface area (Å²) in [5, 5.41) is 8.68. The molecule has 0 saturated heterocycles.